The number of carbonyl (C=O) groups excluding carboxylic acids is 2. The molecule has 51 heavy (non-hydrogen) atoms. The van der Waals surface area contributed by atoms with Gasteiger partial charge in [-0.05, 0) is 46.9 Å². The van der Waals surface area contributed by atoms with Gasteiger partial charge in [0, 0.05) is 25.7 Å². The topological polar surface area (TPSA) is 104 Å². The van der Waals surface area contributed by atoms with Crippen molar-refractivity contribution >= 4 is 11.8 Å². The van der Waals surface area contributed by atoms with Crippen LogP contribution in [0.2, 0.25) is 0 Å². The Hall–Kier alpha value is -4.26. The Bertz CT molecular complexity index is 1500. The summed E-state index contributed by atoms with van der Waals surface area (Å²) in [5, 5.41) is 26.8. The van der Waals surface area contributed by atoms with Gasteiger partial charge in [0.05, 0.1) is 23.3 Å². The van der Waals surface area contributed by atoms with Crippen molar-refractivity contribution in [3.63, 3.8) is 0 Å². The van der Waals surface area contributed by atoms with Crippen LogP contribution in [0.1, 0.15) is 75.6 Å². The molecule has 0 unspecified atom stereocenters. The number of benzene rings is 4. The zero-order chi connectivity index (χ0) is 36.6. The van der Waals surface area contributed by atoms with Crippen LogP contribution in [-0.2, 0) is 35.3 Å². The standard InChI is InChI=1S/C45H56N2O4/c1-33(2)39(44(50,29-35-19-9-5-10-20-35)30-36-21-11-6-12-22-36)47(42(49)43(41(46)48)27-17-18-28-43)40(34(3)4)45(51,31-37-23-13-7-14-24-37)32-38-25-15-8-16-26-38/h5-16,19-26,33-34,39-40,50-51H,17-18,27-32H2,1-4H3,(H2,46,48)/t39-,40-/m1/s1. The van der Waals surface area contributed by atoms with Crippen molar-refractivity contribution in [2.75, 3.05) is 0 Å². The van der Waals surface area contributed by atoms with E-state index in [1.54, 1.807) is 4.90 Å². The molecule has 0 bridgehead atoms. The normalized spacial score (nSPS) is 15.8. The number of primary amides is 1. The maximum absolute atomic E-state index is 15.7. The summed E-state index contributed by atoms with van der Waals surface area (Å²) in [7, 11) is 0. The number of rotatable bonds is 16. The van der Waals surface area contributed by atoms with Gasteiger partial charge >= 0.3 is 0 Å². The smallest absolute Gasteiger partial charge is 0.238 e. The average Bonchev–Trinajstić information content (AvgIpc) is 3.61. The Labute approximate surface area is 304 Å². The molecule has 0 aliphatic heterocycles. The number of hydrogen-bond donors (Lipinski definition) is 3. The van der Waals surface area contributed by atoms with Crippen molar-refractivity contribution in [3.8, 4) is 0 Å². The van der Waals surface area contributed by atoms with Gasteiger partial charge in [0.2, 0.25) is 11.8 Å². The molecule has 0 radical (unpaired) electrons. The Balaban J connectivity index is 1.78. The molecule has 4 aromatic carbocycles. The molecular formula is C45H56N2O4. The molecule has 6 heteroatoms. The SMILES string of the molecule is CC(C)[C@@H](N(C(=O)C1(C(N)=O)CCCC1)[C@H](C(C)C)C(O)(Cc1ccccc1)Cc1ccccc1)C(O)(Cc1ccccc1)Cc1ccccc1. The lowest BCUT2D eigenvalue weighted by Crippen LogP contribution is -2.71. The van der Waals surface area contributed by atoms with E-state index in [1.807, 2.05) is 149 Å². The zero-order valence-corrected chi connectivity index (χ0v) is 30.7. The van der Waals surface area contributed by atoms with E-state index in [-0.39, 0.29) is 43.4 Å². The Kier molecular flexibility index (Phi) is 12.2. The monoisotopic (exact) mass is 688 g/mol. The van der Waals surface area contributed by atoms with Crippen LogP contribution in [0, 0.1) is 17.3 Å². The molecule has 0 saturated heterocycles. The molecule has 0 aromatic heterocycles. The second-order valence-electron chi connectivity index (χ2n) is 15.6. The minimum atomic E-state index is -1.49. The fraction of sp³-hybridized carbons (Fsp3) is 0.422. The molecule has 0 heterocycles. The lowest BCUT2D eigenvalue weighted by Gasteiger charge is -2.55. The van der Waals surface area contributed by atoms with Gasteiger partial charge in [-0.15, -0.1) is 0 Å². The molecule has 1 aliphatic carbocycles. The predicted octanol–water partition coefficient (Wildman–Crippen LogP) is 7.34. The molecule has 2 amide bonds. The first kappa shape index (κ1) is 38.0. The van der Waals surface area contributed by atoms with E-state index >= 15 is 4.79 Å². The van der Waals surface area contributed by atoms with Crippen LogP contribution in [0.5, 0.6) is 0 Å². The third-order valence-electron chi connectivity index (χ3n) is 10.9. The number of amides is 2. The highest BCUT2D eigenvalue weighted by Gasteiger charge is 2.58. The van der Waals surface area contributed by atoms with E-state index in [0.717, 1.165) is 22.3 Å². The van der Waals surface area contributed by atoms with Crippen LogP contribution in [0.25, 0.3) is 0 Å². The maximum Gasteiger partial charge on any atom is 0.238 e. The highest BCUT2D eigenvalue weighted by atomic mass is 16.3. The molecule has 2 atom stereocenters. The van der Waals surface area contributed by atoms with Gasteiger partial charge in [0.25, 0.3) is 0 Å². The molecule has 6 nitrogen and oxygen atoms in total. The van der Waals surface area contributed by atoms with Crippen LogP contribution in [-0.4, -0.2) is 50.2 Å². The molecule has 270 valence electrons. The molecule has 4 N–H and O–H groups in total. The van der Waals surface area contributed by atoms with E-state index in [2.05, 4.69) is 0 Å². The highest BCUT2D eigenvalue weighted by Crippen LogP contribution is 2.45. The van der Waals surface area contributed by atoms with Crippen molar-refractivity contribution in [2.24, 2.45) is 23.0 Å². The summed E-state index contributed by atoms with van der Waals surface area (Å²) in [5.41, 5.74) is 5.56. The van der Waals surface area contributed by atoms with Gasteiger partial charge in [-0.2, -0.15) is 0 Å². The van der Waals surface area contributed by atoms with Crippen LogP contribution in [0.4, 0.5) is 0 Å². The summed E-state index contributed by atoms with van der Waals surface area (Å²) in [5.74, 6) is -1.55. The Morgan fingerprint density at radius 1 is 0.588 bits per heavy atom. The van der Waals surface area contributed by atoms with Gasteiger partial charge in [0.1, 0.15) is 5.41 Å². The third-order valence-corrected chi connectivity index (χ3v) is 10.9. The Morgan fingerprint density at radius 3 is 1.10 bits per heavy atom. The van der Waals surface area contributed by atoms with Gasteiger partial charge in [0.15, 0.2) is 0 Å². The third kappa shape index (κ3) is 8.62. The van der Waals surface area contributed by atoms with Gasteiger partial charge in [-0.3, -0.25) is 9.59 Å². The largest absolute Gasteiger partial charge is 0.387 e. The summed E-state index contributed by atoms with van der Waals surface area (Å²) in [6, 6.07) is 37.9. The molecule has 5 rings (SSSR count). The predicted molar refractivity (Wildman–Crippen MR) is 205 cm³/mol. The quantitative estimate of drug-likeness (QED) is 0.107. The number of carbonyl (C=O) groups is 2. The Morgan fingerprint density at radius 2 is 0.863 bits per heavy atom. The summed E-state index contributed by atoms with van der Waals surface area (Å²) >= 11 is 0. The second-order valence-corrected chi connectivity index (χ2v) is 15.6. The fourth-order valence-electron chi connectivity index (χ4n) is 8.96. The maximum atomic E-state index is 15.7. The first-order valence-corrected chi connectivity index (χ1v) is 18.6. The lowest BCUT2D eigenvalue weighted by atomic mass is 9.70. The van der Waals surface area contributed by atoms with Crippen LogP contribution in [0.3, 0.4) is 0 Å². The van der Waals surface area contributed by atoms with Crippen molar-refractivity contribution in [2.45, 2.75) is 102 Å². The van der Waals surface area contributed by atoms with Crippen LogP contribution in [0.15, 0.2) is 121 Å². The van der Waals surface area contributed by atoms with Crippen LogP contribution >= 0.6 is 0 Å². The van der Waals surface area contributed by atoms with E-state index < -0.39 is 34.6 Å². The minimum Gasteiger partial charge on any atom is -0.387 e. The average molecular weight is 689 g/mol. The number of aliphatic hydroxyl groups is 2. The summed E-state index contributed by atoms with van der Waals surface area (Å²) in [4.78, 5) is 31.1. The number of hydrogen-bond acceptors (Lipinski definition) is 4. The van der Waals surface area contributed by atoms with Crippen molar-refractivity contribution < 1.29 is 19.8 Å². The van der Waals surface area contributed by atoms with E-state index in [1.165, 1.54) is 0 Å². The summed E-state index contributed by atoms with van der Waals surface area (Å²) < 4.78 is 0. The van der Waals surface area contributed by atoms with Gasteiger partial charge in [-0.25, -0.2) is 0 Å². The highest BCUT2D eigenvalue weighted by molar-refractivity contribution is 6.05. The van der Waals surface area contributed by atoms with E-state index in [4.69, 9.17) is 5.73 Å². The van der Waals surface area contributed by atoms with E-state index in [0.29, 0.717) is 25.7 Å². The fourth-order valence-corrected chi connectivity index (χ4v) is 8.96. The molecule has 1 fully saturated rings. The number of nitrogens with zero attached hydrogens (tertiary/aromatic N) is 1. The number of nitrogens with two attached hydrogens (primary N) is 1. The molecule has 0 spiro atoms. The second kappa shape index (κ2) is 16.4. The summed E-state index contributed by atoms with van der Waals surface area (Å²) in [6.07, 6.45) is 3.16. The van der Waals surface area contributed by atoms with Gasteiger partial charge in [-0.1, -0.05) is 162 Å². The molecular weight excluding hydrogens is 633 g/mol. The zero-order valence-electron chi connectivity index (χ0n) is 30.7. The first-order chi connectivity index (χ1) is 24.4. The van der Waals surface area contributed by atoms with Crippen molar-refractivity contribution in [1.82, 2.24) is 4.90 Å². The molecule has 1 aliphatic rings. The lowest BCUT2D eigenvalue weighted by molar-refractivity contribution is -0.178. The minimum absolute atomic E-state index is 0.263. The van der Waals surface area contributed by atoms with E-state index in [9.17, 15) is 15.0 Å². The van der Waals surface area contributed by atoms with Crippen molar-refractivity contribution in [3.05, 3.63) is 144 Å². The van der Waals surface area contributed by atoms with Crippen molar-refractivity contribution in [1.29, 1.82) is 0 Å². The molecule has 1 saturated carbocycles. The molecule has 4 aromatic rings. The first-order valence-electron chi connectivity index (χ1n) is 18.6. The van der Waals surface area contributed by atoms with Gasteiger partial charge < -0.3 is 20.8 Å². The van der Waals surface area contributed by atoms with Crippen LogP contribution < -0.4 is 5.73 Å². The summed E-state index contributed by atoms with van der Waals surface area (Å²) in [6.45, 7) is 8.12.